The van der Waals surface area contributed by atoms with E-state index in [0.717, 1.165) is 5.82 Å². The van der Waals surface area contributed by atoms with E-state index in [4.69, 9.17) is 5.11 Å². The quantitative estimate of drug-likeness (QED) is 0.728. The Balaban J connectivity index is 2.10. The molecule has 1 fully saturated rings. The van der Waals surface area contributed by atoms with Gasteiger partial charge < -0.3 is 15.7 Å². The van der Waals surface area contributed by atoms with Crippen LogP contribution in [0.1, 0.15) is 38.9 Å². The lowest BCUT2D eigenvalue weighted by Crippen LogP contribution is -2.34. The monoisotopic (exact) mass is 264 g/mol. The Hall–Kier alpha value is -1.85. The molecule has 0 atom stereocenters. The summed E-state index contributed by atoms with van der Waals surface area (Å²) in [6, 6.07) is 2.35. The van der Waals surface area contributed by atoms with E-state index in [0.29, 0.717) is 17.7 Å². The summed E-state index contributed by atoms with van der Waals surface area (Å²) in [4.78, 5) is 19.4. The average Bonchev–Trinajstić information content (AvgIpc) is 2.96. The fourth-order valence-electron chi connectivity index (χ4n) is 1.91. The maximum Gasteiger partial charge on any atom is 0.305 e. The van der Waals surface area contributed by atoms with E-state index in [2.05, 4.69) is 20.6 Å². The van der Waals surface area contributed by atoms with Crippen LogP contribution in [-0.4, -0.2) is 32.6 Å². The predicted octanol–water partition coefficient (Wildman–Crippen LogP) is 2.02. The molecule has 6 heteroatoms. The van der Waals surface area contributed by atoms with Gasteiger partial charge in [0.05, 0.1) is 6.42 Å². The van der Waals surface area contributed by atoms with Gasteiger partial charge in [0.25, 0.3) is 0 Å². The zero-order valence-electron chi connectivity index (χ0n) is 11.5. The van der Waals surface area contributed by atoms with E-state index in [-0.39, 0.29) is 6.42 Å². The van der Waals surface area contributed by atoms with Crippen molar-refractivity contribution < 1.29 is 9.90 Å². The first-order chi connectivity index (χ1) is 8.84. The second-order valence-corrected chi connectivity index (χ2v) is 5.68. The second-order valence-electron chi connectivity index (χ2n) is 5.68. The Kier molecular flexibility index (Phi) is 3.59. The number of carboxylic acid groups (broad SMARTS) is 1. The number of hydrogen-bond acceptors (Lipinski definition) is 5. The molecule has 1 aromatic rings. The van der Waals surface area contributed by atoms with E-state index in [9.17, 15) is 4.79 Å². The maximum atomic E-state index is 10.8. The molecule has 104 valence electrons. The Morgan fingerprint density at radius 1 is 1.42 bits per heavy atom. The number of carboxylic acids is 1. The molecule has 1 aliphatic carbocycles. The molecule has 0 amide bonds. The lowest BCUT2D eigenvalue weighted by Gasteiger charge is -2.25. The highest BCUT2D eigenvalue weighted by Gasteiger charge is 2.24. The van der Waals surface area contributed by atoms with E-state index >= 15 is 0 Å². The van der Waals surface area contributed by atoms with E-state index in [1.807, 2.05) is 26.8 Å². The van der Waals surface area contributed by atoms with Crippen molar-refractivity contribution >= 4 is 17.6 Å². The summed E-state index contributed by atoms with van der Waals surface area (Å²) in [5, 5.41) is 15.3. The van der Waals surface area contributed by atoms with Crippen molar-refractivity contribution in [1.29, 1.82) is 0 Å². The highest BCUT2D eigenvalue weighted by Crippen LogP contribution is 2.25. The van der Waals surface area contributed by atoms with Gasteiger partial charge in [0.1, 0.15) is 17.5 Å². The van der Waals surface area contributed by atoms with Gasteiger partial charge in [-0.25, -0.2) is 9.97 Å². The van der Waals surface area contributed by atoms with Crippen LogP contribution in [0.3, 0.4) is 0 Å². The first-order valence-electron chi connectivity index (χ1n) is 6.46. The number of aliphatic carboxylic acids is 1. The van der Waals surface area contributed by atoms with Crippen molar-refractivity contribution in [2.24, 2.45) is 0 Å². The molecular formula is C13H20N4O2. The molecule has 1 aliphatic rings. The average molecular weight is 264 g/mol. The summed E-state index contributed by atoms with van der Waals surface area (Å²) in [7, 11) is 0. The number of carbonyl (C=O) groups is 1. The molecule has 2 rings (SSSR count). The third kappa shape index (κ3) is 4.39. The number of nitrogens with one attached hydrogen (secondary N) is 2. The van der Waals surface area contributed by atoms with Crippen LogP contribution in [-0.2, 0) is 4.79 Å². The molecule has 1 aromatic heterocycles. The molecule has 0 spiro atoms. The van der Waals surface area contributed by atoms with Crippen LogP contribution in [0.15, 0.2) is 6.07 Å². The van der Waals surface area contributed by atoms with Crippen LogP contribution in [0, 0.1) is 6.92 Å². The zero-order chi connectivity index (χ0) is 14.0. The molecule has 0 saturated heterocycles. The van der Waals surface area contributed by atoms with Crippen LogP contribution < -0.4 is 10.6 Å². The minimum absolute atomic E-state index is 0.0292. The molecule has 0 aromatic carbocycles. The molecule has 19 heavy (non-hydrogen) atoms. The Bertz CT molecular complexity index is 484. The SMILES string of the molecule is Cc1nc(NC2CC2)cc(NC(C)(C)CC(=O)O)n1. The lowest BCUT2D eigenvalue weighted by molar-refractivity contribution is -0.137. The van der Waals surface area contributed by atoms with Crippen molar-refractivity contribution in [2.45, 2.75) is 51.6 Å². The van der Waals surface area contributed by atoms with Gasteiger partial charge in [-0.1, -0.05) is 0 Å². The van der Waals surface area contributed by atoms with Gasteiger partial charge in [-0.2, -0.15) is 0 Å². The van der Waals surface area contributed by atoms with E-state index < -0.39 is 11.5 Å². The van der Waals surface area contributed by atoms with Gasteiger partial charge in [-0.3, -0.25) is 4.79 Å². The van der Waals surface area contributed by atoms with Crippen LogP contribution in [0.4, 0.5) is 11.6 Å². The molecule has 0 bridgehead atoms. The number of nitrogens with zero attached hydrogens (tertiary/aromatic N) is 2. The number of rotatable bonds is 6. The van der Waals surface area contributed by atoms with Crippen molar-refractivity contribution in [3.05, 3.63) is 11.9 Å². The Morgan fingerprint density at radius 3 is 2.63 bits per heavy atom. The van der Waals surface area contributed by atoms with Gasteiger partial charge in [0, 0.05) is 17.6 Å². The molecule has 3 N–H and O–H groups in total. The van der Waals surface area contributed by atoms with Crippen LogP contribution >= 0.6 is 0 Å². The fraction of sp³-hybridized carbons (Fsp3) is 0.615. The van der Waals surface area contributed by atoms with Crippen molar-refractivity contribution in [2.75, 3.05) is 10.6 Å². The largest absolute Gasteiger partial charge is 0.481 e. The molecule has 0 aliphatic heterocycles. The van der Waals surface area contributed by atoms with Crippen LogP contribution in [0.2, 0.25) is 0 Å². The summed E-state index contributed by atoms with van der Waals surface area (Å²) in [6.45, 7) is 5.51. The minimum atomic E-state index is -0.834. The number of aromatic nitrogens is 2. The lowest BCUT2D eigenvalue weighted by atomic mass is 10.0. The molecule has 1 saturated carbocycles. The Labute approximate surface area is 112 Å². The number of anilines is 2. The highest BCUT2D eigenvalue weighted by atomic mass is 16.4. The summed E-state index contributed by atoms with van der Waals surface area (Å²) < 4.78 is 0. The van der Waals surface area contributed by atoms with Crippen LogP contribution in [0.5, 0.6) is 0 Å². The van der Waals surface area contributed by atoms with Gasteiger partial charge in [0.2, 0.25) is 0 Å². The third-order valence-corrected chi connectivity index (χ3v) is 2.83. The van der Waals surface area contributed by atoms with Crippen molar-refractivity contribution in [3.8, 4) is 0 Å². The predicted molar refractivity (Wildman–Crippen MR) is 73.4 cm³/mol. The number of hydrogen-bond donors (Lipinski definition) is 3. The zero-order valence-corrected chi connectivity index (χ0v) is 11.5. The summed E-state index contributed by atoms with van der Waals surface area (Å²) in [5.74, 6) is 1.28. The Morgan fingerprint density at radius 2 is 2.05 bits per heavy atom. The summed E-state index contributed by atoms with van der Waals surface area (Å²) in [5.41, 5.74) is -0.552. The topological polar surface area (TPSA) is 87.1 Å². The standard InChI is InChI=1S/C13H20N4O2/c1-8-14-10(16-9-4-5-9)6-11(15-8)17-13(2,3)7-12(18)19/h6,9H,4-5,7H2,1-3H3,(H,18,19)(H2,14,15,16,17). The van der Waals surface area contributed by atoms with Gasteiger partial charge in [0.15, 0.2) is 0 Å². The van der Waals surface area contributed by atoms with Crippen molar-refractivity contribution in [3.63, 3.8) is 0 Å². The summed E-state index contributed by atoms with van der Waals surface area (Å²) in [6.07, 6.45) is 2.38. The molecule has 0 unspecified atom stereocenters. The van der Waals surface area contributed by atoms with Gasteiger partial charge in [-0.05, 0) is 33.6 Å². The smallest absolute Gasteiger partial charge is 0.305 e. The first kappa shape index (κ1) is 13.6. The summed E-state index contributed by atoms with van der Waals surface area (Å²) >= 11 is 0. The fourth-order valence-corrected chi connectivity index (χ4v) is 1.91. The molecule has 6 nitrogen and oxygen atoms in total. The maximum absolute atomic E-state index is 10.8. The minimum Gasteiger partial charge on any atom is -0.481 e. The first-order valence-corrected chi connectivity index (χ1v) is 6.46. The highest BCUT2D eigenvalue weighted by molar-refractivity contribution is 5.69. The third-order valence-electron chi connectivity index (χ3n) is 2.83. The van der Waals surface area contributed by atoms with Crippen molar-refractivity contribution in [1.82, 2.24) is 9.97 Å². The van der Waals surface area contributed by atoms with E-state index in [1.165, 1.54) is 12.8 Å². The van der Waals surface area contributed by atoms with E-state index in [1.54, 1.807) is 0 Å². The molecule has 1 heterocycles. The molecule has 0 radical (unpaired) electrons. The normalized spacial score (nSPS) is 15.1. The van der Waals surface area contributed by atoms with Crippen LogP contribution in [0.25, 0.3) is 0 Å². The number of aryl methyl sites for hydroxylation is 1. The van der Waals surface area contributed by atoms with Gasteiger partial charge in [-0.15, -0.1) is 0 Å². The van der Waals surface area contributed by atoms with Gasteiger partial charge >= 0.3 is 5.97 Å². The second kappa shape index (κ2) is 5.03. The molecular weight excluding hydrogens is 244 g/mol.